The van der Waals surface area contributed by atoms with Crippen molar-refractivity contribution >= 4 is 46.3 Å². The van der Waals surface area contributed by atoms with Gasteiger partial charge in [-0.05, 0) is 37.6 Å². The van der Waals surface area contributed by atoms with E-state index in [1.165, 1.54) is 17.0 Å². The summed E-state index contributed by atoms with van der Waals surface area (Å²) >= 11 is 6.23. The van der Waals surface area contributed by atoms with Gasteiger partial charge in [0, 0.05) is 0 Å². The highest BCUT2D eigenvalue weighted by Gasteiger charge is 2.33. The zero-order valence-electron chi connectivity index (χ0n) is 12.0. The van der Waals surface area contributed by atoms with E-state index < -0.39 is 5.97 Å². The van der Waals surface area contributed by atoms with Gasteiger partial charge in [0.1, 0.15) is 16.7 Å². The summed E-state index contributed by atoms with van der Waals surface area (Å²) in [6.45, 7) is 3.26. The first-order valence-corrected chi connectivity index (χ1v) is 7.79. The van der Waals surface area contributed by atoms with Crippen LogP contribution in [-0.2, 0) is 14.3 Å². The van der Waals surface area contributed by atoms with Gasteiger partial charge in [-0.2, -0.15) is 0 Å². The van der Waals surface area contributed by atoms with Crippen LogP contribution in [0.25, 0.3) is 6.08 Å². The summed E-state index contributed by atoms with van der Waals surface area (Å²) in [5, 5.41) is 0. The van der Waals surface area contributed by atoms with Gasteiger partial charge in [0.15, 0.2) is 0 Å². The van der Waals surface area contributed by atoms with E-state index in [9.17, 15) is 14.0 Å². The molecule has 0 spiro atoms. The van der Waals surface area contributed by atoms with Crippen LogP contribution in [0.2, 0.25) is 0 Å². The third-order valence-corrected chi connectivity index (χ3v) is 4.07. The van der Waals surface area contributed by atoms with Crippen LogP contribution < -0.4 is 0 Å². The number of carbonyl (C=O) groups excluding carboxylic acids is 2. The number of hydrogen-bond donors (Lipinski definition) is 0. The third-order valence-electron chi connectivity index (χ3n) is 2.70. The van der Waals surface area contributed by atoms with Gasteiger partial charge in [-0.1, -0.05) is 36.1 Å². The van der Waals surface area contributed by atoms with Crippen molar-refractivity contribution in [3.63, 3.8) is 0 Å². The lowest BCUT2D eigenvalue weighted by Crippen LogP contribution is -2.35. The molecule has 0 aliphatic carbocycles. The Labute approximate surface area is 137 Å². The summed E-state index contributed by atoms with van der Waals surface area (Å²) < 4.78 is 18.2. The molecule has 1 fully saturated rings. The van der Waals surface area contributed by atoms with E-state index >= 15 is 0 Å². The summed E-state index contributed by atoms with van der Waals surface area (Å²) in [4.78, 5) is 25.5. The van der Waals surface area contributed by atoms with Gasteiger partial charge in [0.25, 0.3) is 5.91 Å². The SMILES string of the molecule is CC(C)OC(=O)CN1C(=O)/C(=C/c2ccc(F)cc2)SC1=S. The van der Waals surface area contributed by atoms with E-state index in [4.69, 9.17) is 17.0 Å². The second kappa shape index (κ2) is 7.02. The van der Waals surface area contributed by atoms with E-state index in [0.29, 0.717) is 14.8 Å². The highest BCUT2D eigenvalue weighted by molar-refractivity contribution is 8.26. The van der Waals surface area contributed by atoms with Crippen molar-refractivity contribution in [2.45, 2.75) is 20.0 Å². The number of nitrogens with zero attached hydrogens (tertiary/aromatic N) is 1. The molecule has 0 unspecified atom stereocenters. The Balaban J connectivity index is 2.11. The molecule has 4 nitrogen and oxygen atoms in total. The minimum absolute atomic E-state index is 0.205. The van der Waals surface area contributed by atoms with E-state index in [1.807, 2.05) is 0 Å². The Bertz CT molecular complexity index is 641. The third kappa shape index (κ3) is 4.14. The number of ether oxygens (including phenoxy) is 1. The average molecular weight is 339 g/mol. The smallest absolute Gasteiger partial charge is 0.326 e. The fourth-order valence-electron chi connectivity index (χ4n) is 1.78. The minimum atomic E-state index is -0.505. The maximum absolute atomic E-state index is 12.9. The van der Waals surface area contributed by atoms with Crippen LogP contribution in [0.4, 0.5) is 4.39 Å². The van der Waals surface area contributed by atoms with Crippen LogP contribution in [0, 0.1) is 5.82 Å². The van der Waals surface area contributed by atoms with Gasteiger partial charge in [-0.15, -0.1) is 0 Å². The van der Waals surface area contributed by atoms with Crippen LogP contribution in [-0.4, -0.2) is 33.7 Å². The zero-order chi connectivity index (χ0) is 16.3. The Morgan fingerprint density at radius 3 is 2.64 bits per heavy atom. The molecule has 2 rings (SSSR count). The van der Waals surface area contributed by atoms with Gasteiger partial charge in [0.05, 0.1) is 11.0 Å². The average Bonchev–Trinajstić information content (AvgIpc) is 2.68. The number of halogens is 1. The number of hydrogen-bond acceptors (Lipinski definition) is 5. The van der Waals surface area contributed by atoms with Crippen LogP contribution in [0.5, 0.6) is 0 Å². The van der Waals surface area contributed by atoms with Crippen LogP contribution >= 0.6 is 24.0 Å². The molecule has 1 aromatic rings. The molecule has 1 aliphatic rings. The number of amides is 1. The van der Waals surface area contributed by atoms with E-state index in [2.05, 4.69) is 0 Å². The van der Waals surface area contributed by atoms with Crippen molar-refractivity contribution in [2.24, 2.45) is 0 Å². The van der Waals surface area contributed by atoms with Crippen molar-refractivity contribution in [1.29, 1.82) is 0 Å². The molecular formula is C15H14FNO3S2. The summed E-state index contributed by atoms with van der Waals surface area (Å²) in [7, 11) is 0. The molecule has 1 aliphatic heterocycles. The lowest BCUT2D eigenvalue weighted by atomic mass is 10.2. The van der Waals surface area contributed by atoms with Crippen LogP contribution in [0.15, 0.2) is 29.2 Å². The molecule has 1 saturated heterocycles. The first-order valence-electron chi connectivity index (χ1n) is 6.57. The van der Waals surface area contributed by atoms with Crippen LogP contribution in [0.1, 0.15) is 19.4 Å². The second-order valence-corrected chi connectivity index (χ2v) is 6.53. The van der Waals surface area contributed by atoms with E-state index in [1.54, 1.807) is 32.1 Å². The molecular weight excluding hydrogens is 325 g/mol. The summed E-state index contributed by atoms with van der Waals surface area (Å²) in [5.41, 5.74) is 0.687. The van der Waals surface area contributed by atoms with Gasteiger partial charge in [0.2, 0.25) is 0 Å². The molecule has 1 aromatic carbocycles. The van der Waals surface area contributed by atoms with E-state index in [-0.39, 0.29) is 24.4 Å². The van der Waals surface area contributed by atoms with Crippen molar-refractivity contribution < 1.29 is 18.7 Å². The van der Waals surface area contributed by atoms with Crippen LogP contribution in [0.3, 0.4) is 0 Å². The quantitative estimate of drug-likeness (QED) is 0.479. The summed E-state index contributed by atoms with van der Waals surface area (Å²) in [6, 6.07) is 5.75. The minimum Gasteiger partial charge on any atom is -0.462 e. The lowest BCUT2D eigenvalue weighted by molar-refractivity contribution is -0.149. The largest absolute Gasteiger partial charge is 0.462 e. The number of rotatable bonds is 4. The predicted molar refractivity (Wildman–Crippen MR) is 87.5 cm³/mol. The zero-order valence-corrected chi connectivity index (χ0v) is 13.7. The molecule has 0 radical (unpaired) electrons. The highest BCUT2D eigenvalue weighted by Crippen LogP contribution is 2.32. The van der Waals surface area contributed by atoms with Gasteiger partial charge < -0.3 is 4.74 Å². The fraction of sp³-hybridized carbons (Fsp3) is 0.267. The molecule has 0 saturated carbocycles. The number of carbonyl (C=O) groups is 2. The van der Waals surface area contributed by atoms with Gasteiger partial charge in [-0.25, -0.2) is 4.39 Å². The number of thiocarbonyl (C=S) groups is 1. The number of thioether (sulfide) groups is 1. The predicted octanol–water partition coefficient (Wildman–Crippen LogP) is 2.98. The Morgan fingerprint density at radius 1 is 1.41 bits per heavy atom. The Kier molecular flexibility index (Phi) is 5.31. The molecule has 1 amide bonds. The molecule has 116 valence electrons. The number of benzene rings is 1. The van der Waals surface area contributed by atoms with Gasteiger partial charge >= 0.3 is 5.97 Å². The molecule has 0 bridgehead atoms. The monoisotopic (exact) mass is 339 g/mol. The molecule has 0 atom stereocenters. The molecule has 22 heavy (non-hydrogen) atoms. The van der Waals surface area contributed by atoms with Crippen molar-refractivity contribution in [3.8, 4) is 0 Å². The maximum atomic E-state index is 12.9. The maximum Gasteiger partial charge on any atom is 0.326 e. The van der Waals surface area contributed by atoms with E-state index in [0.717, 1.165) is 11.8 Å². The van der Waals surface area contributed by atoms with Gasteiger partial charge in [-0.3, -0.25) is 14.5 Å². The van der Waals surface area contributed by atoms with Crippen molar-refractivity contribution in [1.82, 2.24) is 4.90 Å². The normalized spacial score (nSPS) is 16.7. The topological polar surface area (TPSA) is 46.6 Å². The Hall–Kier alpha value is -1.73. The molecule has 7 heteroatoms. The molecule has 0 N–H and O–H groups in total. The molecule has 0 aromatic heterocycles. The fourth-order valence-corrected chi connectivity index (χ4v) is 3.03. The highest BCUT2D eigenvalue weighted by atomic mass is 32.2. The molecule has 1 heterocycles. The number of esters is 1. The summed E-state index contributed by atoms with van der Waals surface area (Å²) in [6.07, 6.45) is 1.37. The standard InChI is InChI=1S/C15H14FNO3S2/c1-9(2)20-13(18)8-17-14(19)12(22-15(17)21)7-10-3-5-11(16)6-4-10/h3-7,9H,8H2,1-2H3/b12-7-. The first-order chi connectivity index (χ1) is 10.4. The second-order valence-electron chi connectivity index (χ2n) is 4.86. The summed E-state index contributed by atoms with van der Waals surface area (Å²) in [5.74, 6) is -1.20. The Morgan fingerprint density at radius 2 is 2.05 bits per heavy atom. The van der Waals surface area contributed by atoms with Crippen molar-refractivity contribution in [2.75, 3.05) is 6.54 Å². The first kappa shape index (κ1) is 16.6. The van der Waals surface area contributed by atoms with Crippen molar-refractivity contribution in [3.05, 3.63) is 40.6 Å². The lowest BCUT2D eigenvalue weighted by Gasteiger charge is -2.14.